The van der Waals surface area contributed by atoms with Gasteiger partial charge in [0.1, 0.15) is 0 Å². The zero-order valence-corrected chi connectivity index (χ0v) is 15.6. The van der Waals surface area contributed by atoms with Crippen LogP contribution in [0.15, 0.2) is 53.7 Å². The molecule has 0 spiro atoms. The average Bonchev–Trinajstić information content (AvgIpc) is 3.21. The second-order valence-electron chi connectivity index (χ2n) is 6.15. The van der Waals surface area contributed by atoms with Gasteiger partial charge in [-0.3, -0.25) is 14.0 Å². The molecule has 2 aromatic carbocycles. The van der Waals surface area contributed by atoms with Crippen molar-refractivity contribution in [2.45, 2.75) is 24.3 Å². The number of rotatable bonds is 5. The van der Waals surface area contributed by atoms with Crippen molar-refractivity contribution in [1.29, 1.82) is 0 Å². The van der Waals surface area contributed by atoms with E-state index in [1.54, 1.807) is 24.3 Å². The van der Waals surface area contributed by atoms with Crippen molar-refractivity contribution >= 4 is 46.0 Å². The van der Waals surface area contributed by atoms with E-state index in [0.717, 1.165) is 11.0 Å². The highest BCUT2D eigenvalue weighted by molar-refractivity contribution is 8.00. The van der Waals surface area contributed by atoms with Gasteiger partial charge in [-0.1, -0.05) is 36.0 Å². The van der Waals surface area contributed by atoms with E-state index in [-0.39, 0.29) is 11.7 Å². The van der Waals surface area contributed by atoms with Gasteiger partial charge in [-0.25, -0.2) is 10.1 Å². The molecule has 0 fully saturated rings. The summed E-state index contributed by atoms with van der Waals surface area (Å²) in [6.45, 7) is 3.31. The molecule has 2 heterocycles. The van der Waals surface area contributed by atoms with E-state index in [9.17, 15) is 9.59 Å². The molecule has 0 saturated heterocycles. The fourth-order valence-corrected chi connectivity index (χ4v) is 3.66. The number of hydrogen-bond donors (Lipinski definition) is 2. The minimum Gasteiger partial charge on any atom is -0.325 e. The SMILES string of the molecule is CC(=O)c1cccc(NC(=O)[C@@H](C)Sc2n[nH]c3nc4ccccc4n23)c1. The number of benzene rings is 2. The van der Waals surface area contributed by atoms with Crippen LogP contribution in [0.2, 0.25) is 0 Å². The Hall–Kier alpha value is -3.13. The highest BCUT2D eigenvalue weighted by Crippen LogP contribution is 2.26. The second kappa shape index (κ2) is 6.88. The van der Waals surface area contributed by atoms with E-state index >= 15 is 0 Å². The number of fused-ring (bicyclic) bond motifs is 3. The van der Waals surface area contributed by atoms with Crippen molar-refractivity contribution in [3.8, 4) is 0 Å². The van der Waals surface area contributed by atoms with E-state index in [2.05, 4.69) is 20.5 Å². The first kappa shape index (κ1) is 17.3. The van der Waals surface area contributed by atoms with Gasteiger partial charge in [-0.2, -0.15) is 0 Å². The Balaban J connectivity index is 1.54. The minimum atomic E-state index is -0.390. The van der Waals surface area contributed by atoms with Gasteiger partial charge in [0.25, 0.3) is 0 Å². The van der Waals surface area contributed by atoms with Crippen LogP contribution in [0.4, 0.5) is 5.69 Å². The van der Waals surface area contributed by atoms with E-state index in [1.807, 2.05) is 35.6 Å². The Bertz CT molecular complexity index is 1160. The number of nitrogens with zero attached hydrogens (tertiary/aromatic N) is 3. The molecule has 1 amide bonds. The minimum absolute atomic E-state index is 0.0422. The molecule has 0 aliphatic rings. The second-order valence-corrected chi connectivity index (χ2v) is 7.46. The lowest BCUT2D eigenvalue weighted by Crippen LogP contribution is -2.22. The molecule has 8 heteroatoms. The summed E-state index contributed by atoms with van der Waals surface area (Å²) in [6.07, 6.45) is 0. The van der Waals surface area contributed by atoms with Crippen LogP contribution in [0.3, 0.4) is 0 Å². The molecule has 0 bridgehead atoms. The maximum Gasteiger partial charge on any atom is 0.237 e. The van der Waals surface area contributed by atoms with Crippen molar-refractivity contribution in [3.05, 3.63) is 54.1 Å². The average molecular weight is 379 g/mol. The number of carbonyl (C=O) groups is 2. The normalized spacial score (nSPS) is 12.4. The molecule has 0 saturated carbocycles. The van der Waals surface area contributed by atoms with Crippen LogP contribution in [-0.4, -0.2) is 36.5 Å². The first-order valence-corrected chi connectivity index (χ1v) is 9.31. The van der Waals surface area contributed by atoms with Crippen LogP contribution in [0, 0.1) is 0 Å². The number of anilines is 1. The zero-order valence-electron chi connectivity index (χ0n) is 14.8. The number of Topliss-reactive ketones (excluding diaryl/α,β-unsaturated/α-hetero) is 1. The highest BCUT2D eigenvalue weighted by Gasteiger charge is 2.20. The number of para-hydroxylation sites is 2. The number of hydrogen-bond acceptors (Lipinski definition) is 5. The number of aromatic amines is 1. The lowest BCUT2D eigenvalue weighted by molar-refractivity contribution is -0.115. The van der Waals surface area contributed by atoms with E-state index < -0.39 is 5.25 Å². The third-order valence-electron chi connectivity index (χ3n) is 4.19. The molecule has 0 aliphatic carbocycles. The van der Waals surface area contributed by atoms with Crippen molar-refractivity contribution in [1.82, 2.24) is 19.6 Å². The van der Waals surface area contributed by atoms with Crippen LogP contribution in [-0.2, 0) is 4.79 Å². The molecule has 4 aromatic rings. The van der Waals surface area contributed by atoms with Crippen LogP contribution in [0.5, 0.6) is 0 Å². The quantitative estimate of drug-likeness (QED) is 0.409. The van der Waals surface area contributed by atoms with Gasteiger partial charge >= 0.3 is 0 Å². The summed E-state index contributed by atoms with van der Waals surface area (Å²) in [5.41, 5.74) is 2.96. The number of thioether (sulfide) groups is 1. The predicted octanol–water partition coefficient (Wildman–Crippen LogP) is 3.53. The van der Waals surface area contributed by atoms with Gasteiger partial charge in [0, 0.05) is 11.3 Å². The Kier molecular flexibility index (Phi) is 4.41. The maximum atomic E-state index is 12.6. The molecule has 7 nitrogen and oxygen atoms in total. The molecule has 2 N–H and O–H groups in total. The molecular weight excluding hydrogens is 362 g/mol. The van der Waals surface area contributed by atoms with Gasteiger partial charge in [0.2, 0.25) is 11.7 Å². The van der Waals surface area contributed by atoms with Crippen LogP contribution in [0.1, 0.15) is 24.2 Å². The summed E-state index contributed by atoms with van der Waals surface area (Å²) in [5.74, 6) is 0.432. The van der Waals surface area contributed by atoms with Gasteiger partial charge in [-0.05, 0) is 38.1 Å². The fourth-order valence-electron chi connectivity index (χ4n) is 2.79. The Labute approximate surface area is 159 Å². The largest absolute Gasteiger partial charge is 0.325 e. The number of imidazole rings is 1. The topological polar surface area (TPSA) is 92.1 Å². The monoisotopic (exact) mass is 379 g/mol. The number of amides is 1. The molecule has 0 aliphatic heterocycles. The van der Waals surface area contributed by atoms with Gasteiger partial charge in [0.05, 0.1) is 16.3 Å². The molecule has 4 rings (SSSR count). The number of carbonyl (C=O) groups excluding carboxylic acids is 2. The lowest BCUT2D eigenvalue weighted by atomic mass is 10.1. The summed E-state index contributed by atoms with van der Waals surface area (Å²) in [7, 11) is 0. The van der Waals surface area contributed by atoms with Crippen molar-refractivity contribution < 1.29 is 9.59 Å². The summed E-state index contributed by atoms with van der Waals surface area (Å²) in [5, 5.41) is 10.3. The number of nitrogens with one attached hydrogen (secondary N) is 2. The smallest absolute Gasteiger partial charge is 0.237 e. The molecular formula is C19H17N5O2S. The highest BCUT2D eigenvalue weighted by atomic mass is 32.2. The molecule has 0 unspecified atom stereocenters. The summed E-state index contributed by atoms with van der Waals surface area (Å²) in [6, 6.07) is 14.7. The Morgan fingerprint density at radius 2 is 2.00 bits per heavy atom. The number of H-pyrrole nitrogens is 1. The zero-order chi connectivity index (χ0) is 19.0. The standard InChI is InChI=1S/C19H17N5O2S/c1-11(25)13-6-5-7-14(10-13)20-17(26)12(2)27-19-23-22-18-21-15-8-3-4-9-16(15)24(18)19/h3-10,12H,1-2H3,(H,20,26)(H,21,22)/t12-/m1/s1. The summed E-state index contributed by atoms with van der Waals surface area (Å²) >= 11 is 1.34. The predicted molar refractivity (Wildman–Crippen MR) is 105 cm³/mol. The first-order chi connectivity index (χ1) is 13.0. The molecule has 0 radical (unpaired) electrons. The maximum absolute atomic E-state index is 12.6. The first-order valence-electron chi connectivity index (χ1n) is 8.43. The summed E-state index contributed by atoms with van der Waals surface area (Å²) < 4.78 is 1.90. The Morgan fingerprint density at radius 1 is 1.19 bits per heavy atom. The van der Waals surface area contributed by atoms with Crippen LogP contribution >= 0.6 is 11.8 Å². The van der Waals surface area contributed by atoms with Crippen molar-refractivity contribution in [3.63, 3.8) is 0 Å². The van der Waals surface area contributed by atoms with Crippen molar-refractivity contribution in [2.75, 3.05) is 5.32 Å². The molecule has 136 valence electrons. The van der Waals surface area contributed by atoms with Gasteiger partial charge < -0.3 is 5.32 Å². The van der Waals surface area contributed by atoms with E-state index in [4.69, 9.17) is 0 Å². The third-order valence-corrected chi connectivity index (χ3v) is 5.24. The Morgan fingerprint density at radius 3 is 2.81 bits per heavy atom. The van der Waals surface area contributed by atoms with Crippen LogP contribution in [0.25, 0.3) is 16.8 Å². The lowest BCUT2D eigenvalue weighted by Gasteiger charge is -2.11. The molecule has 1 atom stereocenters. The molecule has 27 heavy (non-hydrogen) atoms. The van der Waals surface area contributed by atoms with E-state index in [0.29, 0.717) is 22.2 Å². The van der Waals surface area contributed by atoms with E-state index in [1.165, 1.54) is 18.7 Å². The number of aromatic nitrogens is 4. The fraction of sp³-hybridized carbons (Fsp3) is 0.158. The number of ketones is 1. The molecule has 2 aromatic heterocycles. The van der Waals surface area contributed by atoms with Gasteiger partial charge in [-0.15, -0.1) is 5.10 Å². The summed E-state index contributed by atoms with van der Waals surface area (Å²) in [4.78, 5) is 28.6. The van der Waals surface area contributed by atoms with Gasteiger partial charge in [0.15, 0.2) is 10.9 Å². The third kappa shape index (κ3) is 3.31. The van der Waals surface area contributed by atoms with Crippen LogP contribution < -0.4 is 5.32 Å². The van der Waals surface area contributed by atoms with Crippen molar-refractivity contribution in [2.24, 2.45) is 0 Å².